The summed E-state index contributed by atoms with van der Waals surface area (Å²) in [6.45, 7) is -1.93. The molecule has 122 valence electrons. The molecule has 0 amide bonds. The smallest absolute Gasteiger partial charge is 0.548 e. The van der Waals surface area contributed by atoms with Crippen LogP contribution in [0.3, 0.4) is 0 Å². The van der Waals surface area contributed by atoms with E-state index in [9.17, 15) is 39.0 Å². The fraction of sp³-hybridized carbons (Fsp3) is 0.143. The molecule has 12 heteroatoms. The molecule has 0 atom stereocenters. The Morgan fingerprint density at radius 3 is 1.08 bits per heavy atom. The molecule has 0 N–H and O–H groups in total. The number of fused-ring (bicyclic) bond motifs is 2. The van der Waals surface area contributed by atoms with Crippen LogP contribution in [0.2, 0.25) is 0 Å². The van der Waals surface area contributed by atoms with Crippen molar-refractivity contribution in [1.29, 1.82) is 0 Å². The van der Waals surface area contributed by atoms with Crippen molar-refractivity contribution >= 4 is 33.5 Å². The maximum Gasteiger partial charge on any atom is 1.00 e. The van der Waals surface area contributed by atoms with Crippen LogP contribution in [0.25, 0.3) is 21.5 Å². The van der Waals surface area contributed by atoms with Crippen LogP contribution in [0, 0.1) is 0 Å². The van der Waals surface area contributed by atoms with E-state index in [1.54, 1.807) is 0 Å². The number of hydrogen-bond donors (Lipinski definition) is 0. The monoisotopic (exact) mass is 344 g/mol. The molecular weight excluding hydrogens is 338 g/mol. The van der Waals surface area contributed by atoms with E-state index < -0.39 is 47.3 Å². The van der Waals surface area contributed by atoms with E-state index in [4.69, 9.17) is 0 Å². The Kier molecular flexibility index (Phi) is 6.24. The third kappa shape index (κ3) is 3.20. The van der Waals surface area contributed by atoms with Gasteiger partial charge in [0.15, 0.2) is 0 Å². The summed E-state index contributed by atoms with van der Waals surface area (Å²) >= 11 is 0. The molecule has 3 aromatic rings. The van der Waals surface area contributed by atoms with Gasteiger partial charge in [-0.3, -0.25) is 28.3 Å². The van der Waals surface area contributed by atoms with Crippen LogP contribution in [-0.2, 0) is 22.7 Å². The summed E-state index contributed by atoms with van der Waals surface area (Å²) in [4.78, 5) is 69.6. The molecule has 0 aliphatic heterocycles. The second-order valence-electron chi connectivity index (χ2n) is 5.08. The van der Waals surface area contributed by atoms with Crippen molar-refractivity contribution in [1.82, 2.24) is 9.13 Å². The molecule has 0 bridgehead atoms. The van der Waals surface area contributed by atoms with Gasteiger partial charge in [0.2, 0.25) is 0 Å². The van der Waals surface area contributed by atoms with E-state index in [-0.39, 0.29) is 59.3 Å². The minimum Gasteiger partial charge on any atom is -0.548 e. The van der Waals surface area contributed by atoms with Crippen molar-refractivity contribution in [3.8, 4) is 0 Å². The van der Waals surface area contributed by atoms with Gasteiger partial charge in [0.05, 0.1) is 46.6 Å². The van der Waals surface area contributed by atoms with Gasteiger partial charge in [-0.05, 0) is 12.1 Å². The Morgan fingerprint density at radius 2 is 0.885 bits per heavy atom. The molecule has 3 rings (SSSR count). The van der Waals surface area contributed by atoms with Crippen LogP contribution in [0.4, 0.5) is 0 Å². The van der Waals surface area contributed by atoms with Crippen molar-refractivity contribution in [2.75, 3.05) is 0 Å². The van der Waals surface area contributed by atoms with Gasteiger partial charge < -0.3 is 19.8 Å². The maximum atomic E-state index is 12.1. The molecule has 2 heterocycles. The standard InChI is InChI=1S/C14H8N2O8.2Li/c17-9(18)3-15-11(21)5-1-6-8(2-7(5)13(15)23)14(24)16(12(6)22)4-10(19)20;;/h1-2H,3-4H2,(H,17,18)(H,19,20);;/q;2*+1/p-2. The Morgan fingerprint density at radius 1 is 0.654 bits per heavy atom. The molecule has 0 saturated heterocycles. The molecular formula is C14H6Li2N2O8. The molecule has 0 radical (unpaired) electrons. The average molecular weight is 344 g/mol. The van der Waals surface area contributed by atoms with E-state index in [0.717, 1.165) is 12.1 Å². The number of hydrogen-bond acceptors (Lipinski definition) is 8. The number of carboxylic acid groups (broad SMARTS) is 2. The zero-order valence-electron chi connectivity index (χ0n) is 13.7. The largest absolute Gasteiger partial charge is 1.00 e. The van der Waals surface area contributed by atoms with E-state index >= 15 is 0 Å². The molecule has 0 saturated carbocycles. The number of rotatable bonds is 4. The maximum absolute atomic E-state index is 12.1. The Labute approximate surface area is 166 Å². The molecule has 10 nitrogen and oxygen atoms in total. The molecule has 2 aromatic heterocycles. The van der Waals surface area contributed by atoms with Gasteiger partial charge in [-0.15, -0.1) is 0 Å². The SMILES string of the molecule is O=C([O-])Cn1c(=O)c2cc3c(=O)n(CC(=O)[O-])c(=O)c3cc2c1=O.[Li+].[Li+]. The first-order valence-electron chi connectivity index (χ1n) is 6.52. The van der Waals surface area contributed by atoms with Crippen LogP contribution in [0.5, 0.6) is 0 Å². The second kappa shape index (κ2) is 7.48. The van der Waals surface area contributed by atoms with Gasteiger partial charge in [0.25, 0.3) is 22.2 Å². The summed E-state index contributed by atoms with van der Waals surface area (Å²) in [6, 6.07) is 1.96. The Hall–Kier alpha value is -2.37. The van der Waals surface area contributed by atoms with E-state index in [1.807, 2.05) is 0 Å². The molecule has 1 aromatic carbocycles. The number of carbonyl (C=O) groups is 2. The van der Waals surface area contributed by atoms with Gasteiger partial charge in [0, 0.05) is 0 Å². The van der Waals surface area contributed by atoms with Crippen LogP contribution < -0.4 is 70.2 Å². The Balaban J connectivity index is 0.00000169. The zero-order chi connectivity index (χ0) is 17.8. The molecule has 0 spiro atoms. The van der Waals surface area contributed by atoms with Crippen molar-refractivity contribution < 1.29 is 57.5 Å². The molecule has 26 heavy (non-hydrogen) atoms. The molecule has 0 fully saturated rings. The van der Waals surface area contributed by atoms with Crippen molar-refractivity contribution in [3.05, 3.63) is 53.5 Å². The number of aliphatic carboxylic acids is 2. The van der Waals surface area contributed by atoms with Gasteiger partial charge in [0.1, 0.15) is 0 Å². The van der Waals surface area contributed by atoms with Crippen LogP contribution in [-0.4, -0.2) is 21.1 Å². The summed E-state index contributed by atoms with van der Waals surface area (Å²) in [5.41, 5.74) is -3.78. The van der Waals surface area contributed by atoms with Gasteiger partial charge in [-0.25, -0.2) is 0 Å². The third-order valence-corrected chi connectivity index (χ3v) is 3.63. The molecule has 0 aliphatic rings. The fourth-order valence-corrected chi connectivity index (χ4v) is 2.62. The minimum atomic E-state index is -1.65. The average Bonchev–Trinajstić information content (AvgIpc) is 2.86. The van der Waals surface area contributed by atoms with Crippen molar-refractivity contribution in [2.45, 2.75) is 13.1 Å². The number of nitrogens with zero attached hydrogens (tertiary/aromatic N) is 2. The number of carbonyl (C=O) groups excluding carboxylic acids is 2. The second-order valence-corrected chi connectivity index (χ2v) is 5.08. The van der Waals surface area contributed by atoms with E-state index in [1.165, 1.54) is 0 Å². The minimum absolute atomic E-state index is 0. The number of carboxylic acids is 2. The Bertz CT molecular complexity index is 1070. The fourth-order valence-electron chi connectivity index (χ4n) is 2.62. The quantitative estimate of drug-likeness (QED) is 0.422. The van der Waals surface area contributed by atoms with Crippen LogP contribution >= 0.6 is 0 Å². The molecule has 0 unspecified atom stereocenters. The zero-order valence-corrected chi connectivity index (χ0v) is 13.7. The number of aromatic nitrogens is 2. The van der Waals surface area contributed by atoms with Crippen molar-refractivity contribution in [3.63, 3.8) is 0 Å². The summed E-state index contributed by atoms with van der Waals surface area (Å²) in [6.07, 6.45) is 0. The normalized spacial score (nSPS) is 10.5. The number of benzene rings is 1. The third-order valence-electron chi connectivity index (χ3n) is 3.63. The summed E-state index contributed by atoms with van der Waals surface area (Å²) in [5, 5.41) is 20.3. The first-order chi connectivity index (χ1) is 11.2. The predicted molar refractivity (Wildman–Crippen MR) is 74.9 cm³/mol. The van der Waals surface area contributed by atoms with Crippen LogP contribution in [0.15, 0.2) is 31.3 Å². The summed E-state index contributed by atoms with van der Waals surface area (Å²) in [7, 11) is 0. The van der Waals surface area contributed by atoms with E-state index in [2.05, 4.69) is 0 Å². The van der Waals surface area contributed by atoms with Gasteiger partial charge >= 0.3 is 37.7 Å². The summed E-state index contributed by atoms with van der Waals surface area (Å²) in [5.74, 6) is -3.30. The van der Waals surface area contributed by atoms with Gasteiger partial charge in [-0.1, -0.05) is 0 Å². The first kappa shape index (κ1) is 21.7. The van der Waals surface area contributed by atoms with Crippen LogP contribution in [0.1, 0.15) is 0 Å². The summed E-state index contributed by atoms with van der Waals surface area (Å²) < 4.78 is 0.839. The predicted octanol–water partition coefficient (Wildman–Crippen LogP) is -10.6. The topological polar surface area (TPSA) is 158 Å². The van der Waals surface area contributed by atoms with Gasteiger partial charge in [-0.2, -0.15) is 0 Å². The molecule has 0 aliphatic carbocycles. The van der Waals surface area contributed by atoms with Crippen molar-refractivity contribution in [2.24, 2.45) is 0 Å². The first-order valence-corrected chi connectivity index (χ1v) is 6.52. The van der Waals surface area contributed by atoms with E-state index in [0.29, 0.717) is 9.13 Å².